The molecule has 0 aromatic rings. The fraction of sp³-hybridized carbons (Fsp3) is 0.833. The first-order valence-electron chi connectivity index (χ1n) is 6.35. The Kier molecular flexibility index (Phi) is 5.10. The first kappa shape index (κ1) is 14.9. The van der Waals surface area contributed by atoms with E-state index < -0.39 is 5.54 Å². The SMILES string of the molecule is CNC(C)(C)C(=O)NC1CCN(CC(N)=O)CC1. The maximum atomic E-state index is 12.0. The van der Waals surface area contributed by atoms with Crippen molar-refractivity contribution in [2.45, 2.75) is 38.3 Å². The molecule has 1 saturated heterocycles. The molecule has 4 N–H and O–H groups in total. The zero-order chi connectivity index (χ0) is 13.8. The van der Waals surface area contributed by atoms with Crippen LogP contribution in [0.2, 0.25) is 0 Å². The highest BCUT2D eigenvalue weighted by Crippen LogP contribution is 2.11. The average Bonchev–Trinajstić information content (AvgIpc) is 2.31. The molecular formula is C12H24N4O2. The van der Waals surface area contributed by atoms with Crippen LogP contribution in [0, 0.1) is 0 Å². The first-order valence-corrected chi connectivity index (χ1v) is 6.35. The van der Waals surface area contributed by atoms with Crippen LogP contribution in [0.15, 0.2) is 0 Å². The molecule has 104 valence electrons. The van der Waals surface area contributed by atoms with E-state index in [0.717, 1.165) is 25.9 Å². The van der Waals surface area contributed by atoms with Gasteiger partial charge in [-0.25, -0.2) is 0 Å². The molecule has 0 radical (unpaired) electrons. The van der Waals surface area contributed by atoms with Crippen LogP contribution in [0.1, 0.15) is 26.7 Å². The molecule has 6 heteroatoms. The summed E-state index contributed by atoms with van der Waals surface area (Å²) < 4.78 is 0. The molecular weight excluding hydrogens is 232 g/mol. The zero-order valence-corrected chi connectivity index (χ0v) is 11.5. The minimum absolute atomic E-state index is 0.0124. The Hall–Kier alpha value is -1.14. The van der Waals surface area contributed by atoms with Gasteiger partial charge in [-0.3, -0.25) is 14.5 Å². The highest BCUT2D eigenvalue weighted by atomic mass is 16.2. The molecule has 1 fully saturated rings. The van der Waals surface area contributed by atoms with Crippen molar-refractivity contribution in [1.29, 1.82) is 0 Å². The number of carbonyl (C=O) groups is 2. The van der Waals surface area contributed by atoms with Crippen molar-refractivity contribution in [3.8, 4) is 0 Å². The van der Waals surface area contributed by atoms with Crippen molar-refractivity contribution in [3.63, 3.8) is 0 Å². The number of hydrogen-bond acceptors (Lipinski definition) is 4. The number of piperidine rings is 1. The number of likely N-dealkylation sites (N-methyl/N-ethyl adjacent to an activating group) is 1. The number of rotatable bonds is 5. The Balaban J connectivity index is 2.36. The second-order valence-electron chi connectivity index (χ2n) is 5.37. The van der Waals surface area contributed by atoms with Crippen molar-refractivity contribution in [2.24, 2.45) is 5.73 Å². The number of nitrogens with two attached hydrogens (primary N) is 1. The van der Waals surface area contributed by atoms with E-state index in [1.807, 2.05) is 18.7 Å². The fourth-order valence-corrected chi connectivity index (χ4v) is 1.94. The molecule has 1 aliphatic rings. The molecule has 1 heterocycles. The van der Waals surface area contributed by atoms with Gasteiger partial charge in [0.25, 0.3) is 0 Å². The quantitative estimate of drug-likeness (QED) is 0.592. The third-order valence-electron chi connectivity index (χ3n) is 3.49. The van der Waals surface area contributed by atoms with E-state index >= 15 is 0 Å². The number of nitrogens with one attached hydrogen (secondary N) is 2. The van der Waals surface area contributed by atoms with E-state index in [4.69, 9.17) is 5.73 Å². The number of primary amides is 1. The summed E-state index contributed by atoms with van der Waals surface area (Å²) in [5.74, 6) is -0.285. The van der Waals surface area contributed by atoms with Crippen molar-refractivity contribution in [1.82, 2.24) is 15.5 Å². The lowest BCUT2D eigenvalue weighted by atomic mass is 10.0. The monoisotopic (exact) mass is 256 g/mol. The first-order chi connectivity index (χ1) is 8.35. The summed E-state index contributed by atoms with van der Waals surface area (Å²) in [6.07, 6.45) is 1.72. The molecule has 0 aromatic carbocycles. The normalized spacial score (nSPS) is 18.6. The third kappa shape index (κ3) is 4.27. The lowest BCUT2D eigenvalue weighted by Gasteiger charge is -2.33. The van der Waals surface area contributed by atoms with Crippen molar-refractivity contribution >= 4 is 11.8 Å². The number of nitrogens with zero attached hydrogens (tertiary/aromatic N) is 1. The van der Waals surface area contributed by atoms with Gasteiger partial charge in [0.1, 0.15) is 0 Å². The smallest absolute Gasteiger partial charge is 0.239 e. The van der Waals surface area contributed by atoms with Gasteiger partial charge >= 0.3 is 0 Å². The van der Waals surface area contributed by atoms with Crippen molar-refractivity contribution < 1.29 is 9.59 Å². The minimum atomic E-state index is -0.551. The van der Waals surface area contributed by atoms with Gasteiger partial charge in [0.15, 0.2) is 0 Å². The molecule has 0 spiro atoms. The number of likely N-dealkylation sites (tertiary alicyclic amines) is 1. The Morgan fingerprint density at radius 1 is 1.33 bits per heavy atom. The maximum absolute atomic E-state index is 12.0. The van der Waals surface area contributed by atoms with Crippen LogP contribution in [0.4, 0.5) is 0 Å². The Labute approximate surface area is 108 Å². The predicted molar refractivity (Wildman–Crippen MR) is 69.9 cm³/mol. The summed E-state index contributed by atoms with van der Waals surface area (Å²) in [5.41, 5.74) is 4.60. The number of carbonyl (C=O) groups excluding carboxylic acids is 2. The van der Waals surface area contributed by atoms with Crippen LogP contribution in [0.25, 0.3) is 0 Å². The van der Waals surface area contributed by atoms with Crippen molar-refractivity contribution in [2.75, 3.05) is 26.7 Å². The predicted octanol–water partition coefficient (Wildman–Crippen LogP) is -0.950. The summed E-state index contributed by atoms with van der Waals surface area (Å²) in [6, 6.07) is 0.189. The van der Waals surface area contributed by atoms with Gasteiger partial charge in [-0.05, 0) is 33.7 Å². The van der Waals surface area contributed by atoms with Gasteiger partial charge < -0.3 is 16.4 Å². The van der Waals surface area contributed by atoms with Crippen LogP contribution in [-0.2, 0) is 9.59 Å². The van der Waals surface area contributed by atoms with E-state index in [1.54, 1.807) is 7.05 Å². The molecule has 0 aliphatic carbocycles. The second-order valence-corrected chi connectivity index (χ2v) is 5.37. The Morgan fingerprint density at radius 3 is 2.33 bits per heavy atom. The topological polar surface area (TPSA) is 87.5 Å². The van der Waals surface area contributed by atoms with Gasteiger partial charge in [0, 0.05) is 19.1 Å². The molecule has 2 amide bonds. The average molecular weight is 256 g/mol. The summed E-state index contributed by atoms with van der Waals surface area (Å²) in [4.78, 5) is 24.8. The molecule has 1 rings (SSSR count). The summed E-state index contributed by atoms with van der Waals surface area (Å²) >= 11 is 0. The van der Waals surface area contributed by atoms with Crippen LogP contribution >= 0.6 is 0 Å². The van der Waals surface area contributed by atoms with Gasteiger partial charge in [0.2, 0.25) is 11.8 Å². The van der Waals surface area contributed by atoms with Gasteiger partial charge in [-0.2, -0.15) is 0 Å². The Bertz CT molecular complexity index is 309. The summed E-state index contributed by atoms with van der Waals surface area (Å²) in [7, 11) is 1.77. The Morgan fingerprint density at radius 2 is 1.89 bits per heavy atom. The number of amides is 2. The van der Waals surface area contributed by atoms with Crippen molar-refractivity contribution in [3.05, 3.63) is 0 Å². The molecule has 0 aromatic heterocycles. The van der Waals surface area contributed by atoms with E-state index in [-0.39, 0.29) is 17.9 Å². The summed E-state index contributed by atoms with van der Waals surface area (Å²) in [5, 5.41) is 6.02. The van der Waals surface area contributed by atoms with Gasteiger partial charge in [-0.1, -0.05) is 0 Å². The minimum Gasteiger partial charge on any atom is -0.369 e. The van der Waals surface area contributed by atoms with E-state index in [0.29, 0.717) is 6.54 Å². The molecule has 0 bridgehead atoms. The molecule has 0 atom stereocenters. The van der Waals surface area contributed by atoms with Crippen LogP contribution < -0.4 is 16.4 Å². The zero-order valence-electron chi connectivity index (χ0n) is 11.5. The van der Waals surface area contributed by atoms with Crippen LogP contribution in [0.5, 0.6) is 0 Å². The fourth-order valence-electron chi connectivity index (χ4n) is 1.94. The highest BCUT2D eigenvalue weighted by molar-refractivity contribution is 5.85. The van der Waals surface area contributed by atoms with Gasteiger partial charge in [0.05, 0.1) is 12.1 Å². The lowest BCUT2D eigenvalue weighted by Crippen LogP contribution is -2.55. The van der Waals surface area contributed by atoms with Crippen LogP contribution in [-0.4, -0.2) is 55.0 Å². The van der Waals surface area contributed by atoms with E-state index in [9.17, 15) is 9.59 Å². The van der Waals surface area contributed by atoms with Gasteiger partial charge in [-0.15, -0.1) is 0 Å². The molecule has 1 aliphatic heterocycles. The molecule has 18 heavy (non-hydrogen) atoms. The van der Waals surface area contributed by atoms with E-state index in [2.05, 4.69) is 10.6 Å². The molecule has 0 saturated carbocycles. The second kappa shape index (κ2) is 6.15. The maximum Gasteiger partial charge on any atom is 0.239 e. The highest BCUT2D eigenvalue weighted by Gasteiger charge is 2.28. The van der Waals surface area contributed by atoms with E-state index in [1.165, 1.54) is 0 Å². The lowest BCUT2D eigenvalue weighted by molar-refractivity contribution is -0.127. The molecule has 6 nitrogen and oxygen atoms in total. The standard InChI is InChI=1S/C12H24N4O2/c1-12(2,14-3)11(18)15-9-4-6-16(7-5-9)8-10(13)17/h9,14H,4-8H2,1-3H3,(H2,13,17)(H,15,18). The third-order valence-corrected chi connectivity index (χ3v) is 3.49. The largest absolute Gasteiger partial charge is 0.369 e. The molecule has 0 unspecified atom stereocenters. The van der Waals surface area contributed by atoms with Crippen LogP contribution in [0.3, 0.4) is 0 Å². The summed E-state index contributed by atoms with van der Waals surface area (Å²) in [6.45, 7) is 5.61. The number of hydrogen-bond donors (Lipinski definition) is 3.